The van der Waals surface area contributed by atoms with E-state index in [0.29, 0.717) is 30.6 Å². The average molecular weight is 375 g/mol. The van der Waals surface area contributed by atoms with E-state index in [1.165, 1.54) is 6.07 Å². The van der Waals surface area contributed by atoms with Gasteiger partial charge < -0.3 is 4.90 Å². The second-order valence-electron chi connectivity index (χ2n) is 6.60. The predicted molar refractivity (Wildman–Crippen MR) is 94.3 cm³/mol. The number of piperidine rings is 1. The zero-order valence-corrected chi connectivity index (χ0v) is 14.7. The summed E-state index contributed by atoms with van der Waals surface area (Å²) in [6.07, 6.45) is 0.664. The summed E-state index contributed by atoms with van der Waals surface area (Å²) in [6.45, 7) is 0.932. The summed E-state index contributed by atoms with van der Waals surface area (Å²) in [4.78, 5) is 19.9. The Morgan fingerprint density at radius 1 is 1.19 bits per heavy atom. The molecule has 0 aromatic heterocycles. The standard InChI is InChI=1S/C15H17N7O3S/c16-20-18-6-10-3-12(5-14(4-10)19-21-17)15(23)22-2-1-11-8-26(24,25)9-13(11)7-22/h3-5,11,13H,1-2,6-9H2. The molecule has 2 aliphatic heterocycles. The summed E-state index contributed by atoms with van der Waals surface area (Å²) >= 11 is 0. The van der Waals surface area contributed by atoms with Gasteiger partial charge in [-0.3, -0.25) is 4.79 Å². The van der Waals surface area contributed by atoms with Crippen LogP contribution in [0, 0.1) is 11.8 Å². The highest BCUT2D eigenvalue weighted by atomic mass is 32.2. The fraction of sp³-hybridized carbons (Fsp3) is 0.533. The molecular weight excluding hydrogens is 358 g/mol. The van der Waals surface area contributed by atoms with Gasteiger partial charge in [0.2, 0.25) is 0 Å². The van der Waals surface area contributed by atoms with E-state index < -0.39 is 9.84 Å². The van der Waals surface area contributed by atoms with Crippen molar-refractivity contribution < 1.29 is 13.2 Å². The Hall–Kier alpha value is -2.74. The molecule has 1 amide bonds. The van der Waals surface area contributed by atoms with Gasteiger partial charge >= 0.3 is 0 Å². The molecular formula is C15H17N7O3S. The van der Waals surface area contributed by atoms with Crippen molar-refractivity contribution in [2.45, 2.75) is 13.0 Å². The average Bonchev–Trinajstić information content (AvgIpc) is 2.92. The number of carbonyl (C=O) groups is 1. The van der Waals surface area contributed by atoms with Gasteiger partial charge in [0.05, 0.1) is 18.1 Å². The molecule has 11 heteroatoms. The normalized spacial score (nSPS) is 23.5. The molecule has 1 aromatic carbocycles. The van der Waals surface area contributed by atoms with Crippen LogP contribution in [0.4, 0.5) is 5.69 Å². The summed E-state index contributed by atoms with van der Waals surface area (Å²) in [5, 5.41) is 7.00. The molecule has 2 unspecified atom stereocenters. The minimum Gasteiger partial charge on any atom is -0.338 e. The van der Waals surface area contributed by atoms with E-state index in [0.717, 1.165) is 0 Å². The highest BCUT2D eigenvalue weighted by molar-refractivity contribution is 7.91. The van der Waals surface area contributed by atoms with E-state index in [2.05, 4.69) is 20.1 Å². The van der Waals surface area contributed by atoms with Crippen LogP contribution in [0.1, 0.15) is 22.3 Å². The maximum Gasteiger partial charge on any atom is 0.253 e. The van der Waals surface area contributed by atoms with Crippen molar-refractivity contribution in [3.63, 3.8) is 0 Å². The Labute approximate surface area is 150 Å². The summed E-state index contributed by atoms with van der Waals surface area (Å²) in [7, 11) is -3.01. The molecule has 136 valence electrons. The lowest BCUT2D eigenvalue weighted by Gasteiger charge is -2.34. The molecule has 2 aliphatic rings. The van der Waals surface area contributed by atoms with E-state index in [1.807, 2.05) is 0 Å². The fourth-order valence-corrected chi connectivity index (χ4v) is 5.94. The van der Waals surface area contributed by atoms with Gasteiger partial charge in [-0.05, 0) is 53.1 Å². The number of fused-ring (bicyclic) bond motifs is 1. The monoisotopic (exact) mass is 375 g/mol. The lowest BCUT2D eigenvalue weighted by molar-refractivity contribution is 0.0642. The number of benzene rings is 1. The number of likely N-dealkylation sites (tertiary alicyclic amines) is 1. The van der Waals surface area contributed by atoms with Crippen LogP contribution in [-0.4, -0.2) is 43.8 Å². The molecule has 2 saturated heterocycles. The number of amides is 1. The van der Waals surface area contributed by atoms with Gasteiger partial charge in [-0.15, -0.1) is 0 Å². The van der Waals surface area contributed by atoms with Crippen LogP contribution >= 0.6 is 0 Å². The van der Waals surface area contributed by atoms with Crippen molar-refractivity contribution in [1.29, 1.82) is 0 Å². The van der Waals surface area contributed by atoms with E-state index >= 15 is 0 Å². The van der Waals surface area contributed by atoms with Gasteiger partial charge in [0.25, 0.3) is 5.91 Å². The fourth-order valence-electron chi connectivity index (χ4n) is 3.69. The van der Waals surface area contributed by atoms with Crippen molar-refractivity contribution in [2.24, 2.45) is 22.1 Å². The zero-order chi connectivity index (χ0) is 18.7. The minimum atomic E-state index is -3.01. The topological polar surface area (TPSA) is 152 Å². The van der Waals surface area contributed by atoms with E-state index in [-0.39, 0.29) is 41.5 Å². The van der Waals surface area contributed by atoms with Gasteiger partial charge in [0, 0.05) is 34.2 Å². The first kappa shape index (κ1) is 18.1. The SMILES string of the molecule is [N-]=[N+]=NCc1cc(N=[N+]=[N-])cc(C(=O)N2CCC3CS(=O)(=O)CC3C2)c1. The first-order valence-electron chi connectivity index (χ1n) is 8.11. The molecule has 3 rings (SSSR count). The molecule has 0 aliphatic carbocycles. The first-order chi connectivity index (χ1) is 12.4. The first-order valence-corrected chi connectivity index (χ1v) is 9.93. The summed E-state index contributed by atoms with van der Waals surface area (Å²) in [5.41, 5.74) is 18.3. The van der Waals surface area contributed by atoms with Crippen LogP contribution < -0.4 is 0 Å². The smallest absolute Gasteiger partial charge is 0.253 e. The number of hydrogen-bond donors (Lipinski definition) is 0. The Kier molecular flexibility index (Phi) is 5.03. The van der Waals surface area contributed by atoms with Gasteiger partial charge in [-0.1, -0.05) is 10.2 Å². The maximum atomic E-state index is 12.9. The van der Waals surface area contributed by atoms with Crippen LogP contribution in [0.15, 0.2) is 28.4 Å². The van der Waals surface area contributed by atoms with Gasteiger partial charge in [0.15, 0.2) is 9.84 Å². The van der Waals surface area contributed by atoms with Crippen molar-refractivity contribution in [2.75, 3.05) is 24.6 Å². The van der Waals surface area contributed by atoms with Crippen molar-refractivity contribution in [3.05, 3.63) is 50.2 Å². The van der Waals surface area contributed by atoms with E-state index in [1.54, 1.807) is 17.0 Å². The summed E-state index contributed by atoms with van der Waals surface area (Å²) in [6, 6.07) is 4.64. The Bertz CT molecular complexity index is 933. The number of azide groups is 2. The molecule has 0 spiro atoms. The van der Waals surface area contributed by atoms with E-state index in [4.69, 9.17) is 11.1 Å². The molecule has 2 atom stereocenters. The number of nitrogens with zero attached hydrogens (tertiary/aromatic N) is 7. The molecule has 10 nitrogen and oxygen atoms in total. The minimum absolute atomic E-state index is 0.0272. The van der Waals surface area contributed by atoms with Crippen LogP contribution in [0.2, 0.25) is 0 Å². The van der Waals surface area contributed by atoms with Crippen LogP contribution in [-0.2, 0) is 16.4 Å². The predicted octanol–water partition coefficient (Wildman–Crippen LogP) is 2.95. The molecule has 0 radical (unpaired) electrons. The zero-order valence-electron chi connectivity index (χ0n) is 13.9. The van der Waals surface area contributed by atoms with E-state index in [9.17, 15) is 13.2 Å². The summed E-state index contributed by atoms with van der Waals surface area (Å²) in [5.74, 6) is 0.190. The highest BCUT2D eigenvalue weighted by Crippen LogP contribution is 2.33. The molecule has 2 fully saturated rings. The van der Waals surface area contributed by atoms with Crippen LogP contribution in [0.3, 0.4) is 0 Å². The third-order valence-electron chi connectivity index (χ3n) is 4.82. The molecule has 26 heavy (non-hydrogen) atoms. The summed E-state index contributed by atoms with van der Waals surface area (Å²) < 4.78 is 23.6. The third-order valence-corrected chi connectivity index (χ3v) is 6.69. The molecule has 0 N–H and O–H groups in total. The van der Waals surface area contributed by atoms with Crippen LogP contribution in [0.25, 0.3) is 20.9 Å². The molecule has 0 saturated carbocycles. The van der Waals surface area contributed by atoms with Gasteiger partial charge in [-0.2, -0.15) is 0 Å². The Morgan fingerprint density at radius 3 is 2.69 bits per heavy atom. The van der Waals surface area contributed by atoms with Gasteiger partial charge in [0.1, 0.15) is 0 Å². The molecule has 2 heterocycles. The highest BCUT2D eigenvalue weighted by Gasteiger charge is 2.41. The third kappa shape index (κ3) is 3.91. The molecule has 1 aromatic rings. The van der Waals surface area contributed by atoms with Crippen molar-refractivity contribution in [1.82, 2.24) is 4.90 Å². The molecule has 0 bridgehead atoms. The second-order valence-corrected chi connectivity index (χ2v) is 8.76. The number of sulfone groups is 1. The van der Waals surface area contributed by atoms with Crippen molar-refractivity contribution in [3.8, 4) is 0 Å². The quantitative estimate of drug-likeness (QED) is 0.451. The van der Waals surface area contributed by atoms with Crippen molar-refractivity contribution >= 4 is 21.4 Å². The van der Waals surface area contributed by atoms with Gasteiger partial charge in [-0.25, -0.2) is 8.42 Å². The lowest BCUT2D eigenvalue weighted by Crippen LogP contribution is -2.43. The number of hydrogen-bond acceptors (Lipinski definition) is 5. The Balaban J connectivity index is 1.84. The number of carbonyl (C=O) groups excluding carboxylic acids is 1. The maximum absolute atomic E-state index is 12.9. The lowest BCUT2D eigenvalue weighted by atomic mass is 9.88. The number of rotatable bonds is 4. The largest absolute Gasteiger partial charge is 0.338 e. The second kappa shape index (κ2) is 7.25. The van der Waals surface area contributed by atoms with Crippen LogP contribution in [0.5, 0.6) is 0 Å². The Morgan fingerprint density at radius 2 is 1.96 bits per heavy atom.